The standard InChI is InChI=1S/C17H22N4/c1-13(12-21-15(3)8-14(2)20-21)10-19-11-17-6-4-16(9-18)5-7-17/h4-8,13,19H,10-12H2,1-3H3/t13-/m1/s1. The number of aryl methyl sites for hydroxylation is 2. The number of rotatable bonds is 6. The van der Waals surface area contributed by atoms with Gasteiger partial charge >= 0.3 is 0 Å². The molecular weight excluding hydrogens is 260 g/mol. The number of hydrogen-bond donors (Lipinski definition) is 1. The van der Waals surface area contributed by atoms with Gasteiger partial charge in [0.15, 0.2) is 0 Å². The first kappa shape index (κ1) is 15.3. The van der Waals surface area contributed by atoms with Crippen LogP contribution in [0.4, 0.5) is 0 Å². The van der Waals surface area contributed by atoms with E-state index in [4.69, 9.17) is 5.26 Å². The third-order valence-electron chi connectivity index (χ3n) is 3.49. The number of aromatic nitrogens is 2. The summed E-state index contributed by atoms with van der Waals surface area (Å²) in [6.07, 6.45) is 0. The molecule has 4 heteroatoms. The van der Waals surface area contributed by atoms with Crippen LogP contribution in [0.15, 0.2) is 30.3 Å². The van der Waals surface area contributed by atoms with Gasteiger partial charge in [-0.15, -0.1) is 0 Å². The lowest BCUT2D eigenvalue weighted by molar-refractivity contribution is 0.416. The van der Waals surface area contributed by atoms with Gasteiger partial charge in [0.25, 0.3) is 0 Å². The Balaban J connectivity index is 1.77. The Morgan fingerprint density at radius 2 is 2.00 bits per heavy atom. The van der Waals surface area contributed by atoms with Crippen molar-refractivity contribution in [2.24, 2.45) is 5.92 Å². The first-order valence-corrected chi connectivity index (χ1v) is 7.29. The van der Waals surface area contributed by atoms with Crippen molar-refractivity contribution in [3.05, 3.63) is 52.8 Å². The van der Waals surface area contributed by atoms with Crippen LogP contribution in [0, 0.1) is 31.1 Å². The molecule has 0 bridgehead atoms. The Morgan fingerprint density at radius 3 is 2.57 bits per heavy atom. The van der Waals surface area contributed by atoms with Crippen LogP contribution in [-0.2, 0) is 13.1 Å². The monoisotopic (exact) mass is 282 g/mol. The van der Waals surface area contributed by atoms with Crippen molar-refractivity contribution in [3.8, 4) is 6.07 Å². The molecule has 21 heavy (non-hydrogen) atoms. The maximum atomic E-state index is 8.77. The molecule has 0 aliphatic rings. The van der Waals surface area contributed by atoms with Gasteiger partial charge in [-0.3, -0.25) is 4.68 Å². The summed E-state index contributed by atoms with van der Waals surface area (Å²) in [6.45, 7) is 9.04. The predicted molar refractivity (Wildman–Crippen MR) is 83.7 cm³/mol. The molecule has 0 saturated heterocycles. The van der Waals surface area contributed by atoms with Crippen LogP contribution < -0.4 is 5.32 Å². The molecule has 2 rings (SSSR count). The van der Waals surface area contributed by atoms with Crippen molar-refractivity contribution < 1.29 is 0 Å². The van der Waals surface area contributed by atoms with E-state index < -0.39 is 0 Å². The quantitative estimate of drug-likeness (QED) is 0.886. The fraction of sp³-hybridized carbons (Fsp3) is 0.412. The maximum absolute atomic E-state index is 8.77. The van der Waals surface area contributed by atoms with Crippen molar-refractivity contribution >= 4 is 0 Å². The average molecular weight is 282 g/mol. The van der Waals surface area contributed by atoms with E-state index in [0.29, 0.717) is 11.5 Å². The van der Waals surface area contributed by atoms with E-state index in [9.17, 15) is 0 Å². The lowest BCUT2D eigenvalue weighted by Crippen LogP contribution is -2.24. The Kier molecular flexibility index (Phi) is 5.13. The molecule has 0 aliphatic carbocycles. The molecule has 1 aromatic heterocycles. The number of nitrogens with zero attached hydrogens (tertiary/aromatic N) is 3. The zero-order valence-electron chi connectivity index (χ0n) is 12.9. The zero-order chi connectivity index (χ0) is 15.2. The lowest BCUT2D eigenvalue weighted by Gasteiger charge is -2.14. The van der Waals surface area contributed by atoms with E-state index >= 15 is 0 Å². The van der Waals surface area contributed by atoms with E-state index in [1.165, 1.54) is 11.3 Å². The summed E-state index contributed by atoms with van der Waals surface area (Å²) < 4.78 is 2.07. The van der Waals surface area contributed by atoms with Gasteiger partial charge in [0.05, 0.1) is 17.3 Å². The van der Waals surface area contributed by atoms with E-state index in [2.05, 4.69) is 41.1 Å². The van der Waals surface area contributed by atoms with E-state index in [1.807, 2.05) is 31.2 Å². The van der Waals surface area contributed by atoms with Crippen LogP contribution in [0.5, 0.6) is 0 Å². The van der Waals surface area contributed by atoms with Crippen molar-refractivity contribution in [1.82, 2.24) is 15.1 Å². The maximum Gasteiger partial charge on any atom is 0.0991 e. The van der Waals surface area contributed by atoms with Gasteiger partial charge in [0.1, 0.15) is 0 Å². The molecule has 0 radical (unpaired) electrons. The fourth-order valence-electron chi connectivity index (χ4n) is 2.38. The molecule has 0 unspecified atom stereocenters. The van der Waals surface area contributed by atoms with Crippen LogP contribution in [0.25, 0.3) is 0 Å². The molecule has 1 N–H and O–H groups in total. The Labute approximate surface area is 126 Å². The van der Waals surface area contributed by atoms with E-state index in [-0.39, 0.29) is 0 Å². The summed E-state index contributed by atoms with van der Waals surface area (Å²) in [5.41, 5.74) is 4.20. The summed E-state index contributed by atoms with van der Waals surface area (Å²) in [6, 6.07) is 12.0. The van der Waals surface area contributed by atoms with Crippen LogP contribution >= 0.6 is 0 Å². The molecule has 110 valence electrons. The molecule has 1 heterocycles. The van der Waals surface area contributed by atoms with Gasteiger partial charge in [-0.1, -0.05) is 19.1 Å². The summed E-state index contributed by atoms with van der Waals surface area (Å²) in [7, 11) is 0. The molecule has 1 aromatic carbocycles. The molecule has 1 atom stereocenters. The summed E-state index contributed by atoms with van der Waals surface area (Å²) in [4.78, 5) is 0. The summed E-state index contributed by atoms with van der Waals surface area (Å²) >= 11 is 0. The zero-order valence-corrected chi connectivity index (χ0v) is 12.9. The van der Waals surface area contributed by atoms with Crippen LogP contribution in [0.2, 0.25) is 0 Å². The van der Waals surface area contributed by atoms with E-state index in [0.717, 1.165) is 25.3 Å². The first-order valence-electron chi connectivity index (χ1n) is 7.29. The van der Waals surface area contributed by atoms with Gasteiger partial charge in [0.2, 0.25) is 0 Å². The molecular formula is C17H22N4. The van der Waals surface area contributed by atoms with Gasteiger partial charge in [-0.05, 0) is 50.1 Å². The number of nitriles is 1. The Bertz CT molecular complexity index is 619. The van der Waals surface area contributed by atoms with Gasteiger partial charge in [-0.25, -0.2) is 0 Å². The molecule has 2 aromatic rings. The van der Waals surface area contributed by atoms with E-state index in [1.54, 1.807) is 0 Å². The minimum Gasteiger partial charge on any atom is -0.312 e. The third-order valence-corrected chi connectivity index (χ3v) is 3.49. The topological polar surface area (TPSA) is 53.6 Å². The second kappa shape index (κ2) is 7.05. The van der Waals surface area contributed by atoms with Crippen molar-refractivity contribution in [1.29, 1.82) is 5.26 Å². The lowest BCUT2D eigenvalue weighted by atomic mass is 10.1. The Morgan fingerprint density at radius 1 is 1.29 bits per heavy atom. The van der Waals surface area contributed by atoms with Gasteiger partial charge in [0, 0.05) is 18.8 Å². The largest absolute Gasteiger partial charge is 0.312 e. The minimum atomic E-state index is 0.515. The molecule has 4 nitrogen and oxygen atoms in total. The van der Waals surface area contributed by atoms with Crippen LogP contribution in [-0.4, -0.2) is 16.3 Å². The highest BCUT2D eigenvalue weighted by Crippen LogP contribution is 2.07. The second-order valence-electron chi connectivity index (χ2n) is 5.65. The molecule has 0 spiro atoms. The van der Waals surface area contributed by atoms with Crippen LogP contribution in [0.1, 0.15) is 29.4 Å². The third kappa shape index (κ3) is 4.44. The number of nitrogens with one attached hydrogen (secondary N) is 1. The average Bonchev–Trinajstić information content (AvgIpc) is 2.77. The SMILES string of the molecule is Cc1cc(C)n(C[C@H](C)CNCc2ccc(C#N)cc2)n1. The van der Waals surface area contributed by atoms with Crippen molar-refractivity contribution in [2.75, 3.05) is 6.54 Å². The molecule has 0 aliphatic heterocycles. The smallest absolute Gasteiger partial charge is 0.0991 e. The highest BCUT2D eigenvalue weighted by molar-refractivity contribution is 5.31. The molecule has 0 fully saturated rings. The second-order valence-corrected chi connectivity index (χ2v) is 5.65. The molecule has 0 saturated carbocycles. The number of hydrogen-bond acceptors (Lipinski definition) is 3. The predicted octanol–water partition coefficient (Wildman–Crippen LogP) is 2.80. The Hall–Kier alpha value is -2.12. The minimum absolute atomic E-state index is 0.515. The fourth-order valence-corrected chi connectivity index (χ4v) is 2.38. The normalized spacial score (nSPS) is 12.1. The summed E-state index contributed by atoms with van der Waals surface area (Å²) in [5.74, 6) is 0.515. The van der Waals surface area contributed by atoms with Crippen molar-refractivity contribution in [2.45, 2.75) is 33.9 Å². The van der Waals surface area contributed by atoms with Gasteiger partial charge < -0.3 is 5.32 Å². The van der Waals surface area contributed by atoms with Crippen molar-refractivity contribution in [3.63, 3.8) is 0 Å². The highest BCUT2D eigenvalue weighted by atomic mass is 15.3. The first-order chi connectivity index (χ1) is 10.1. The number of benzene rings is 1. The van der Waals surface area contributed by atoms with Gasteiger partial charge in [-0.2, -0.15) is 10.4 Å². The van der Waals surface area contributed by atoms with Crippen LogP contribution in [0.3, 0.4) is 0 Å². The highest BCUT2D eigenvalue weighted by Gasteiger charge is 2.06. The molecule has 0 amide bonds. The summed E-state index contributed by atoms with van der Waals surface area (Å²) in [5, 5.41) is 16.7.